The molecule has 0 saturated heterocycles. The second-order valence-corrected chi connectivity index (χ2v) is 6.85. The molecule has 0 amide bonds. The molecule has 0 atom stereocenters. The Morgan fingerprint density at radius 1 is 1.36 bits per heavy atom. The van der Waals surface area contributed by atoms with E-state index in [0.717, 1.165) is 30.1 Å². The predicted molar refractivity (Wildman–Crippen MR) is 106 cm³/mol. The van der Waals surface area contributed by atoms with Gasteiger partial charge in [-0.05, 0) is 31.7 Å². The average molecular weight is 338 g/mol. The maximum absolute atomic E-state index is 7.79. The zero-order valence-electron chi connectivity index (χ0n) is 16.1. The number of hydrogen-bond acceptors (Lipinski definition) is 3. The van der Waals surface area contributed by atoms with Crippen LogP contribution >= 0.6 is 0 Å². The molecule has 134 valence electrons. The van der Waals surface area contributed by atoms with Crippen molar-refractivity contribution in [3.05, 3.63) is 53.0 Å². The van der Waals surface area contributed by atoms with E-state index in [2.05, 4.69) is 60.8 Å². The van der Waals surface area contributed by atoms with Crippen molar-refractivity contribution in [2.45, 2.75) is 53.5 Å². The summed E-state index contributed by atoms with van der Waals surface area (Å²) in [5.74, 6) is 1.40. The van der Waals surface area contributed by atoms with Gasteiger partial charge >= 0.3 is 0 Å². The van der Waals surface area contributed by atoms with Gasteiger partial charge in [-0.25, -0.2) is 4.98 Å². The lowest BCUT2D eigenvalue weighted by Gasteiger charge is -2.16. The zero-order chi connectivity index (χ0) is 18.4. The number of imidazole rings is 1. The molecule has 1 heterocycles. The smallest absolute Gasteiger partial charge is 0.140 e. The summed E-state index contributed by atoms with van der Waals surface area (Å²) in [5.41, 5.74) is 5.79. The summed E-state index contributed by atoms with van der Waals surface area (Å²) < 4.78 is 2.13. The second-order valence-electron chi connectivity index (χ2n) is 6.85. The molecule has 0 bridgehead atoms. The van der Waals surface area contributed by atoms with E-state index in [1.54, 1.807) is 0 Å². The van der Waals surface area contributed by atoms with E-state index in [0.29, 0.717) is 12.5 Å². The van der Waals surface area contributed by atoms with Crippen molar-refractivity contribution in [3.63, 3.8) is 0 Å². The van der Waals surface area contributed by atoms with Gasteiger partial charge in [0, 0.05) is 42.0 Å². The Morgan fingerprint density at radius 3 is 2.76 bits per heavy atom. The molecule has 1 aromatic heterocycles. The minimum atomic E-state index is 0.436. The van der Waals surface area contributed by atoms with E-state index in [4.69, 9.17) is 5.41 Å². The van der Waals surface area contributed by atoms with Crippen LogP contribution in [0.15, 0.2) is 41.9 Å². The fourth-order valence-electron chi connectivity index (χ4n) is 2.93. The fourth-order valence-corrected chi connectivity index (χ4v) is 2.93. The Kier molecular flexibility index (Phi) is 6.57. The third-order valence-electron chi connectivity index (χ3n) is 4.42. The summed E-state index contributed by atoms with van der Waals surface area (Å²) in [6.45, 7) is 12.3. The Bertz CT molecular complexity index is 753. The molecule has 2 N–H and O–H groups in total. The minimum Gasteiger partial charge on any atom is -0.388 e. The molecule has 0 saturated carbocycles. The van der Waals surface area contributed by atoms with Crippen LogP contribution in [0.1, 0.15) is 51.2 Å². The van der Waals surface area contributed by atoms with Crippen LogP contribution in [0.4, 0.5) is 0 Å². The number of aromatic nitrogens is 2. The van der Waals surface area contributed by atoms with Gasteiger partial charge in [-0.2, -0.15) is 0 Å². The Balaban J connectivity index is 2.40. The number of allylic oxidation sites excluding steroid dienone is 2. The molecule has 2 aromatic rings. The Labute approximate surface area is 151 Å². The second kappa shape index (κ2) is 8.65. The average Bonchev–Trinajstić information content (AvgIpc) is 3.05. The van der Waals surface area contributed by atoms with Gasteiger partial charge in [0.15, 0.2) is 0 Å². The first-order valence-corrected chi connectivity index (χ1v) is 9.04. The lowest BCUT2D eigenvalue weighted by molar-refractivity contribution is 0.738. The van der Waals surface area contributed by atoms with Gasteiger partial charge in [-0.3, -0.25) is 0 Å². The first-order valence-electron chi connectivity index (χ1n) is 9.04. The fraction of sp³-hybridized carbons (Fsp3) is 0.429. The largest absolute Gasteiger partial charge is 0.388 e. The van der Waals surface area contributed by atoms with Crippen LogP contribution in [-0.2, 0) is 6.54 Å². The highest BCUT2D eigenvalue weighted by Crippen LogP contribution is 2.29. The monoisotopic (exact) mass is 338 g/mol. The van der Waals surface area contributed by atoms with E-state index in [1.807, 2.05) is 19.3 Å². The highest BCUT2D eigenvalue weighted by Gasteiger charge is 2.14. The molecule has 2 rings (SSSR count). The van der Waals surface area contributed by atoms with Crippen LogP contribution < -0.4 is 5.32 Å². The van der Waals surface area contributed by atoms with Crippen LogP contribution in [0, 0.1) is 12.3 Å². The molecule has 25 heavy (non-hydrogen) atoms. The first-order chi connectivity index (χ1) is 12.0. The quantitative estimate of drug-likeness (QED) is 0.672. The molecule has 4 heteroatoms. The van der Waals surface area contributed by atoms with Crippen molar-refractivity contribution in [1.29, 1.82) is 5.41 Å². The van der Waals surface area contributed by atoms with Crippen LogP contribution in [0.25, 0.3) is 11.4 Å². The molecule has 0 fully saturated rings. The van der Waals surface area contributed by atoms with Gasteiger partial charge in [0.25, 0.3) is 0 Å². The van der Waals surface area contributed by atoms with Gasteiger partial charge < -0.3 is 15.3 Å². The summed E-state index contributed by atoms with van der Waals surface area (Å²) in [6, 6.07) is 6.56. The first kappa shape index (κ1) is 19.0. The van der Waals surface area contributed by atoms with Crippen molar-refractivity contribution in [2.75, 3.05) is 6.54 Å². The third-order valence-corrected chi connectivity index (χ3v) is 4.42. The lowest BCUT2D eigenvalue weighted by atomic mass is 9.95. The Morgan fingerprint density at radius 2 is 2.12 bits per heavy atom. The molecule has 0 aliphatic carbocycles. The molecule has 1 aromatic carbocycles. The van der Waals surface area contributed by atoms with E-state index in [1.165, 1.54) is 22.9 Å². The van der Waals surface area contributed by atoms with E-state index in [-0.39, 0.29) is 0 Å². The predicted octanol–water partition coefficient (Wildman–Crippen LogP) is 4.91. The number of benzene rings is 1. The summed E-state index contributed by atoms with van der Waals surface area (Å²) in [4.78, 5) is 4.61. The topological polar surface area (TPSA) is 53.7 Å². The molecule has 0 aliphatic rings. The van der Waals surface area contributed by atoms with Crippen LogP contribution in [0.5, 0.6) is 0 Å². The lowest BCUT2D eigenvalue weighted by Crippen LogP contribution is -2.17. The molecule has 0 radical (unpaired) electrons. The van der Waals surface area contributed by atoms with E-state index in [9.17, 15) is 0 Å². The van der Waals surface area contributed by atoms with Crippen molar-refractivity contribution in [1.82, 2.24) is 14.9 Å². The van der Waals surface area contributed by atoms with Gasteiger partial charge in [0.2, 0.25) is 0 Å². The van der Waals surface area contributed by atoms with Crippen LogP contribution in [-0.4, -0.2) is 22.3 Å². The maximum Gasteiger partial charge on any atom is 0.140 e. The number of rotatable bonds is 8. The van der Waals surface area contributed by atoms with Crippen molar-refractivity contribution in [2.24, 2.45) is 0 Å². The van der Waals surface area contributed by atoms with Gasteiger partial charge in [-0.15, -0.1) is 0 Å². The summed E-state index contributed by atoms with van der Waals surface area (Å²) in [7, 11) is 0. The number of aryl methyl sites for hydroxylation is 1. The van der Waals surface area contributed by atoms with Crippen LogP contribution in [0.2, 0.25) is 0 Å². The normalized spacial score (nSPS) is 12.2. The molecule has 0 spiro atoms. The minimum absolute atomic E-state index is 0.436. The molecule has 4 nitrogen and oxygen atoms in total. The van der Waals surface area contributed by atoms with E-state index < -0.39 is 0 Å². The molecular formula is C21H30N4. The summed E-state index contributed by atoms with van der Waals surface area (Å²) >= 11 is 0. The standard InChI is InChI=1S/C21H30N4/c1-6-9-23-17(5)18(13-22)14-25-11-10-24-21(25)19-8-7-16(4)12-20(19)15(2)3/h7-8,10-13,15,22-23H,6,9,14H2,1-5H3/b18-17+,22-13?. The SMILES string of the molecule is CCCN/C(C)=C(\C=N)Cn1ccnc1-c1ccc(C)cc1C(C)C. The van der Waals surface area contributed by atoms with Crippen molar-refractivity contribution >= 4 is 6.21 Å². The number of nitrogens with one attached hydrogen (secondary N) is 2. The van der Waals surface area contributed by atoms with Crippen LogP contribution in [0.3, 0.4) is 0 Å². The van der Waals surface area contributed by atoms with Crippen molar-refractivity contribution < 1.29 is 0 Å². The summed E-state index contributed by atoms with van der Waals surface area (Å²) in [6.07, 6.45) is 6.35. The van der Waals surface area contributed by atoms with Gasteiger partial charge in [0.1, 0.15) is 5.82 Å². The molecule has 0 aliphatic heterocycles. The third kappa shape index (κ3) is 4.59. The Hall–Kier alpha value is -2.36. The van der Waals surface area contributed by atoms with E-state index >= 15 is 0 Å². The van der Waals surface area contributed by atoms with Gasteiger partial charge in [0.05, 0.1) is 6.54 Å². The van der Waals surface area contributed by atoms with Crippen molar-refractivity contribution in [3.8, 4) is 11.4 Å². The summed E-state index contributed by atoms with van der Waals surface area (Å²) in [5, 5.41) is 11.2. The highest BCUT2D eigenvalue weighted by atomic mass is 15.1. The number of nitrogens with zero attached hydrogens (tertiary/aromatic N) is 2. The highest BCUT2D eigenvalue weighted by molar-refractivity contribution is 5.77. The van der Waals surface area contributed by atoms with Gasteiger partial charge in [-0.1, -0.05) is 44.5 Å². The maximum atomic E-state index is 7.79. The number of hydrogen-bond donors (Lipinski definition) is 2. The zero-order valence-corrected chi connectivity index (χ0v) is 16.1. The molecule has 0 unspecified atom stereocenters. The molecular weight excluding hydrogens is 308 g/mol.